The molecule has 0 heterocycles. The second-order valence-electron chi connectivity index (χ2n) is 3.79. The highest BCUT2D eigenvalue weighted by atomic mass is 127. The third-order valence-corrected chi connectivity index (χ3v) is 2.35. The number of guanidine groups is 1. The van der Waals surface area contributed by atoms with Crippen molar-refractivity contribution in [1.82, 2.24) is 5.32 Å². The quantitative estimate of drug-likeness (QED) is 0.367. The number of hydrogen-bond donors (Lipinski definition) is 2. The molecule has 0 atom stereocenters. The van der Waals surface area contributed by atoms with Gasteiger partial charge in [0.15, 0.2) is 5.96 Å². The van der Waals surface area contributed by atoms with Gasteiger partial charge in [-0.15, -0.1) is 24.0 Å². The highest BCUT2D eigenvalue weighted by molar-refractivity contribution is 14.0. The summed E-state index contributed by atoms with van der Waals surface area (Å²) in [5.41, 5.74) is 7.41. The highest BCUT2D eigenvalue weighted by Gasteiger charge is 1.94. The van der Waals surface area contributed by atoms with Crippen LogP contribution in [0.2, 0.25) is 0 Å². The fraction of sp³-hybridized carbons (Fsp3) is 0.385. The van der Waals surface area contributed by atoms with Crippen LogP contribution in [0.1, 0.15) is 30.9 Å². The number of nitriles is 1. The van der Waals surface area contributed by atoms with Crippen LogP contribution >= 0.6 is 24.0 Å². The Labute approximate surface area is 125 Å². The molecule has 0 spiro atoms. The molecule has 0 radical (unpaired) electrons. The van der Waals surface area contributed by atoms with Gasteiger partial charge in [-0.2, -0.15) is 5.26 Å². The summed E-state index contributed by atoms with van der Waals surface area (Å²) >= 11 is 0. The van der Waals surface area contributed by atoms with Crippen LogP contribution in [-0.4, -0.2) is 12.5 Å². The van der Waals surface area contributed by atoms with E-state index in [0.717, 1.165) is 24.9 Å². The number of hydrogen-bond acceptors (Lipinski definition) is 2. The number of rotatable bonds is 5. The summed E-state index contributed by atoms with van der Waals surface area (Å²) < 4.78 is 0. The van der Waals surface area contributed by atoms with Gasteiger partial charge in [-0.1, -0.05) is 25.5 Å². The van der Waals surface area contributed by atoms with Crippen LogP contribution in [0.15, 0.2) is 29.3 Å². The minimum Gasteiger partial charge on any atom is -0.370 e. The van der Waals surface area contributed by atoms with Crippen LogP contribution < -0.4 is 11.1 Å². The first kappa shape index (κ1) is 16.7. The Bertz CT molecular complexity index is 406. The lowest BCUT2D eigenvalue weighted by Crippen LogP contribution is -2.32. The van der Waals surface area contributed by atoms with Crippen LogP contribution in [0.4, 0.5) is 0 Å². The van der Waals surface area contributed by atoms with Crippen LogP contribution in [0.25, 0.3) is 0 Å². The summed E-state index contributed by atoms with van der Waals surface area (Å²) in [5, 5.41) is 11.7. The van der Waals surface area contributed by atoms with E-state index in [1.807, 2.05) is 12.1 Å². The molecular formula is C13H19IN4. The second kappa shape index (κ2) is 9.71. The van der Waals surface area contributed by atoms with Crippen molar-refractivity contribution in [1.29, 1.82) is 5.26 Å². The molecule has 1 aromatic carbocycles. The summed E-state index contributed by atoms with van der Waals surface area (Å²) in [6, 6.07) is 9.43. The third kappa shape index (κ3) is 6.45. The van der Waals surface area contributed by atoms with E-state index in [4.69, 9.17) is 11.0 Å². The van der Waals surface area contributed by atoms with Gasteiger partial charge in [0.1, 0.15) is 0 Å². The van der Waals surface area contributed by atoms with Crippen molar-refractivity contribution in [3.8, 4) is 6.07 Å². The van der Waals surface area contributed by atoms with Crippen molar-refractivity contribution < 1.29 is 0 Å². The predicted octanol–water partition coefficient (Wildman–Crippen LogP) is 2.38. The van der Waals surface area contributed by atoms with Crippen LogP contribution in [0, 0.1) is 11.3 Å². The molecule has 0 fully saturated rings. The number of nitrogens with two attached hydrogens (primary N) is 1. The van der Waals surface area contributed by atoms with Crippen molar-refractivity contribution in [2.24, 2.45) is 10.7 Å². The molecule has 0 bridgehead atoms. The smallest absolute Gasteiger partial charge is 0.188 e. The van der Waals surface area contributed by atoms with Crippen LogP contribution in [-0.2, 0) is 6.54 Å². The molecule has 0 aliphatic carbocycles. The van der Waals surface area contributed by atoms with Gasteiger partial charge in [0.25, 0.3) is 0 Å². The van der Waals surface area contributed by atoms with Crippen LogP contribution in [0.5, 0.6) is 0 Å². The molecule has 0 aromatic heterocycles. The SMILES string of the molecule is CCCCNC(N)=NCc1ccc(C#N)cc1.I. The molecule has 1 rings (SSSR count). The highest BCUT2D eigenvalue weighted by Crippen LogP contribution is 2.04. The molecule has 4 nitrogen and oxygen atoms in total. The zero-order valence-electron chi connectivity index (χ0n) is 10.5. The van der Waals surface area contributed by atoms with E-state index in [9.17, 15) is 0 Å². The summed E-state index contributed by atoms with van der Waals surface area (Å²) in [6.07, 6.45) is 2.23. The van der Waals surface area contributed by atoms with Gasteiger partial charge in [0.05, 0.1) is 18.2 Å². The molecule has 3 N–H and O–H groups in total. The normalized spacial score (nSPS) is 10.3. The van der Waals surface area contributed by atoms with Crippen molar-refractivity contribution >= 4 is 29.9 Å². The van der Waals surface area contributed by atoms with Crippen LogP contribution in [0.3, 0.4) is 0 Å². The fourth-order valence-electron chi connectivity index (χ4n) is 1.31. The number of benzene rings is 1. The largest absolute Gasteiger partial charge is 0.370 e. The van der Waals surface area contributed by atoms with Gasteiger partial charge < -0.3 is 11.1 Å². The van der Waals surface area contributed by atoms with E-state index in [-0.39, 0.29) is 24.0 Å². The Morgan fingerprint density at radius 2 is 2.06 bits per heavy atom. The molecule has 18 heavy (non-hydrogen) atoms. The third-order valence-electron chi connectivity index (χ3n) is 2.35. The van der Waals surface area contributed by atoms with E-state index in [1.54, 1.807) is 12.1 Å². The first-order chi connectivity index (χ1) is 8.26. The first-order valence-electron chi connectivity index (χ1n) is 5.79. The maximum absolute atomic E-state index is 8.66. The Hall–Kier alpha value is -1.29. The van der Waals surface area contributed by atoms with Crippen molar-refractivity contribution in [3.05, 3.63) is 35.4 Å². The number of aliphatic imine (C=N–C) groups is 1. The number of unbranched alkanes of at least 4 members (excludes halogenated alkanes) is 1. The molecule has 0 aliphatic heterocycles. The maximum atomic E-state index is 8.66. The first-order valence-corrected chi connectivity index (χ1v) is 5.79. The van der Waals surface area contributed by atoms with Gasteiger partial charge in [-0.25, -0.2) is 4.99 Å². The lowest BCUT2D eigenvalue weighted by Gasteiger charge is -2.04. The summed E-state index contributed by atoms with van der Waals surface area (Å²) in [6.45, 7) is 3.53. The molecule has 0 aliphatic rings. The molecule has 5 heteroatoms. The molecule has 0 saturated heterocycles. The molecular weight excluding hydrogens is 339 g/mol. The number of nitrogens with zero attached hydrogens (tertiary/aromatic N) is 2. The van der Waals surface area contributed by atoms with Gasteiger partial charge in [-0.05, 0) is 24.1 Å². The summed E-state index contributed by atoms with van der Waals surface area (Å²) in [7, 11) is 0. The van der Waals surface area contributed by atoms with E-state index >= 15 is 0 Å². The number of halogens is 1. The Morgan fingerprint density at radius 1 is 1.39 bits per heavy atom. The zero-order valence-corrected chi connectivity index (χ0v) is 12.8. The molecule has 0 unspecified atom stereocenters. The second-order valence-corrected chi connectivity index (χ2v) is 3.79. The van der Waals surface area contributed by atoms with Gasteiger partial charge in [0, 0.05) is 6.54 Å². The van der Waals surface area contributed by atoms with E-state index < -0.39 is 0 Å². The van der Waals surface area contributed by atoms with E-state index in [0.29, 0.717) is 18.1 Å². The minimum absolute atomic E-state index is 0. The number of nitrogens with one attached hydrogen (secondary N) is 1. The Balaban J connectivity index is 0.00000289. The predicted molar refractivity (Wildman–Crippen MR) is 84.8 cm³/mol. The van der Waals surface area contributed by atoms with E-state index in [2.05, 4.69) is 23.3 Å². The Morgan fingerprint density at radius 3 is 2.61 bits per heavy atom. The van der Waals surface area contributed by atoms with Gasteiger partial charge in [-0.3, -0.25) is 0 Å². The van der Waals surface area contributed by atoms with Crippen molar-refractivity contribution in [2.45, 2.75) is 26.3 Å². The minimum atomic E-state index is 0. The summed E-state index contributed by atoms with van der Waals surface area (Å²) in [5.74, 6) is 0.475. The molecule has 0 saturated carbocycles. The average Bonchev–Trinajstić information content (AvgIpc) is 2.37. The van der Waals surface area contributed by atoms with E-state index in [1.165, 1.54) is 0 Å². The topological polar surface area (TPSA) is 74.2 Å². The van der Waals surface area contributed by atoms with Crippen molar-refractivity contribution in [3.63, 3.8) is 0 Å². The van der Waals surface area contributed by atoms with Gasteiger partial charge in [0.2, 0.25) is 0 Å². The molecule has 0 amide bonds. The fourth-order valence-corrected chi connectivity index (χ4v) is 1.31. The van der Waals surface area contributed by atoms with Crippen molar-refractivity contribution in [2.75, 3.05) is 6.54 Å². The Kier molecular flexibility index (Phi) is 9.01. The lowest BCUT2D eigenvalue weighted by molar-refractivity contribution is 0.748. The molecule has 98 valence electrons. The lowest BCUT2D eigenvalue weighted by atomic mass is 10.1. The van der Waals surface area contributed by atoms with Gasteiger partial charge >= 0.3 is 0 Å². The molecule has 1 aromatic rings. The maximum Gasteiger partial charge on any atom is 0.188 e. The summed E-state index contributed by atoms with van der Waals surface area (Å²) in [4.78, 5) is 4.22. The zero-order chi connectivity index (χ0) is 12.5. The standard InChI is InChI=1S/C13H18N4.HI/c1-2-3-8-16-13(15)17-10-12-6-4-11(9-14)5-7-12;/h4-7H,2-3,8,10H2,1H3,(H3,15,16,17);1H. The average molecular weight is 358 g/mol. The monoisotopic (exact) mass is 358 g/mol.